The van der Waals surface area contributed by atoms with Crippen molar-refractivity contribution >= 4 is 10.0 Å². The molecular weight excluding hydrogens is 305 g/mol. The van der Waals surface area contributed by atoms with Gasteiger partial charge in [-0.05, 0) is 38.6 Å². The van der Waals surface area contributed by atoms with Crippen molar-refractivity contribution in [1.29, 1.82) is 0 Å². The van der Waals surface area contributed by atoms with E-state index in [2.05, 4.69) is 5.32 Å². The molecule has 0 saturated carbocycles. The first kappa shape index (κ1) is 17.0. The number of nitrogens with one attached hydrogen (secondary N) is 1. The Bertz CT molecular complexity index is 433. The van der Waals surface area contributed by atoms with Crippen LogP contribution in [-0.2, 0) is 10.0 Å². The molecule has 2 aliphatic heterocycles. The lowest BCUT2D eigenvalue weighted by atomic mass is 9.97. The molecule has 0 aromatic carbocycles. The topological polar surface area (TPSA) is 49.4 Å². The van der Waals surface area contributed by atoms with Crippen LogP contribution in [0, 0.1) is 0 Å². The average Bonchev–Trinajstić information content (AvgIpc) is 2.90. The van der Waals surface area contributed by atoms with E-state index in [1.165, 1.54) is 4.31 Å². The highest BCUT2D eigenvalue weighted by atomic mass is 32.2. The number of halogens is 3. The Kier molecular flexibility index (Phi) is 5.54. The maximum Gasteiger partial charge on any atom is 0.389 e. The van der Waals surface area contributed by atoms with Crippen LogP contribution in [0.2, 0.25) is 0 Å². The van der Waals surface area contributed by atoms with Crippen LogP contribution in [0.1, 0.15) is 44.9 Å². The summed E-state index contributed by atoms with van der Waals surface area (Å²) < 4.78 is 62.7. The van der Waals surface area contributed by atoms with Gasteiger partial charge in [-0.25, -0.2) is 8.42 Å². The van der Waals surface area contributed by atoms with Crippen LogP contribution in [0.3, 0.4) is 0 Å². The molecule has 0 aromatic heterocycles. The summed E-state index contributed by atoms with van der Waals surface area (Å²) in [5, 5.41) is 3.32. The smallest absolute Gasteiger partial charge is 0.312 e. The van der Waals surface area contributed by atoms with E-state index in [9.17, 15) is 21.6 Å². The van der Waals surface area contributed by atoms with E-state index in [-0.39, 0.29) is 18.5 Å². The number of sulfonamides is 1. The molecular formula is C13H23F3N2O2S. The monoisotopic (exact) mass is 328 g/mol. The number of nitrogens with zero attached hydrogens (tertiary/aromatic N) is 1. The molecule has 2 rings (SSSR count). The molecule has 0 aliphatic carbocycles. The highest BCUT2D eigenvalue weighted by molar-refractivity contribution is 7.89. The number of alkyl halides is 3. The highest BCUT2D eigenvalue weighted by Gasteiger charge is 2.38. The van der Waals surface area contributed by atoms with E-state index in [1.54, 1.807) is 0 Å². The van der Waals surface area contributed by atoms with Crippen molar-refractivity contribution in [3.05, 3.63) is 0 Å². The minimum atomic E-state index is -4.29. The predicted molar refractivity (Wildman–Crippen MR) is 74.4 cm³/mol. The second-order valence-electron chi connectivity index (χ2n) is 5.91. The van der Waals surface area contributed by atoms with Gasteiger partial charge in [0.05, 0.1) is 5.75 Å². The van der Waals surface area contributed by atoms with Gasteiger partial charge < -0.3 is 5.32 Å². The number of hydrogen-bond donors (Lipinski definition) is 1. The van der Waals surface area contributed by atoms with Crippen molar-refractivity contribution in [2.45, 2.75) is 63.2 Å². The van der Waals surface area contributed by atoms with Gasteiger partial charge in [-0.1, -0.05) is 6.42 Å². The van der Waals surface area contributed by atoms with E-state index >= 15 is 0 Å². The summed E-state index contributed by atoms with van der Waals surface area (Å²) >= 11 is 0. The van der Waals surface area contributed by atoms with Crippen LogP contribution in [0.4, 0.5) is 13.2 Å². The standard InChI is InChI=1S/C13H23F3N2O2S/c14-13(15,16)7-4-10-21(19,20)18-9-2-1-6-12(18)11-5-3-8-17-11/h11-12,17H,1-10H2. The molecule has 2 unspecified atom stereocenters. The summed E-state index contributed by atoms with van der Waals surface area (Å²) in [5.74, 6) is -0.407. The van der Waals surface area contributed by atoms with E-state index < -0.39 is 28.4 Å². The Balaban J connectivity index is 1.98. The Morgan fingerprint density at radius 1 is 1.14 bits per heavy atom. The minimum absolute atomic E-state index is 0.0860. The summed E-state index contributed by atoms with van der Waals surface area (Å²) in [6.07, 6.45) is -1.12. The zero-order valence-corrected chi connectivity index (χ0v) is 12.8. The van der Waals surface area contributed by atoms with Crippen molar-refractivity contribution in [2.24, 2.45) is 0 Å². The van der Waals surface area contributed by atoms with Gasteiger partial charge in [0, 0.05) is 25.0 Å². The highest BCUT2D eigenvalue weighted by Crippen LogP contribution is 2.28. The van der Waals surface area contributed by atoms with Gasteiger partial charge >= 0.3 is 6.18 Å². The third-order valence-corrected chi connectivity index (χ3v) is 6.25. The first-order valence-corrected chi connectivity index (χ1v) is 9.20. The van der Waals surface area contributed by atoms with E-state index in [0.29, 0.717) is 6.54 Å². The van der Waals surface area contributed by atoms with E-state index in [0.717, 1.165) is 38.6 Å². The molecule has 2 atom stereocenters. The normalized spacial score (nSPS) is 28.9. The van der Waals surface area contributed by atoms with Crippen LogP contribution in [0.15, 0.2) is 0 Å². The molecule has 2 heterocycles. The van der Waals surface area contributed by atoms with E-state index in [1.807, 2.05) is 0 Å². The fraction of sp³-hybridized carbons (Fsp3) is 1.00. The van der Waals surface area contributed by atoms with Gasteiger partial charge in [0.25, 0.3) is 0 Å². The van der Waals surface area contributed by atoms with Crippen molar-refractivity contribution in [3.8, 4) is 0 Å². The molecule has 4 nitrogen and oxygen atoms in total. The fourth-order valence-electron chi connectivity index (χ4n) is 3.29. The van der Waals surface area contributed by atoms with Gasteiger partial charge in [-0.3, -0.25) is 0 Å². The van der Waals surface area contributed by atoms with Crippen LogP contribution in [0.5, 0.6) is 0 Å². The lowest BCUT2D eigenvalue weighted by molar-refractivity contribution is -0.134. The number of rotatable bonds is 5. The zero-order chi connectivity index (χ0) is 15.5. The molecule has 0 radical (unpaired) electrons. The molecule has 2 aliphatic rings. The lowest BCUT2D eigenvalue weighted by Gasteiger charge is -2.38. The second-order valence-corrected chi connectivity index (χ2v) is 7.95. The zero-order valence-electron chi connectivity index (χ0n) is 12.0. The summed E-state index contributed by atoms with van der Waals surface area (Å²) in [5.41, 5.74) is 0. The quantitative estimate of drug-likeness (QED) is 0.842. The van der Waals surface area contributed by atoms with Gasteiger partial charge in [-0.15, -0.1) is 0 Å². The van der Waals surface area contributed by atoms with Crippen LogP contribution >= 0.6 is 0 Å². The van der Waals surface area contributed by atoms with Crippen LogP contribution in [-0.4, -0.2) is 49.8 Å². The summed E-state index contributed by atoms with van der Waals surface area (Å²) in [6.45, 7) is 1.33. The third kappa shape index (κ3) is 4.82. The van der Waals surface area contributed by atoms with Crippen molar-refractivity contribution in [1.82, 2.24) is 9.62 Å². The number of piperidine rings is 1. The van der Waals surface area contributed by atoms with E-state index in [4.69, 9.17) is 0 Å². The summed E-state index contributed by atoms with van der Waals surface area (Å²) in [4.78, 5) is 0. The minimum Gasteiger partial charge on any atom is -0.312 e. The van der Waals surface area contributed by atoms with Gasteiger partial charge in [-0.2, -0.15) is 17.5 Å². The fourth-order valence-corrected chi connectivity index (χ4v) is 5.11. The molecule has 8 heteroatoms. The predicted octanol–water partition coefficient (Wildman–Crippen LogP) is 2.27. The molecule has 124 valence electrons. The van der Waals surface area contributed by atoms with Crippen LogP contribution < -0.4 is 5.32 Å². The molecule has 2 fully saturated rings. The maximum absolute atomic E-state index is 12.4. The maximum atomic E-state index is 12.4. The SMILES string of the molecule is O=S(=O)(CCCC(F)(F)F)N1CCCCC1C1CCCN1. The average molecular weight is 328 g/mol. The molecule has 2 saturated heterocycles. The Hall–Kier alpha value is -0.340. The van der Waals surface area contributed by atoms with Gasteiger partial charge in [0.1, 0.15) is 0 Å². The Morgan fingerprint density at radius 2 is 1.90 bits per heavy atom. The Morgan fingerprint density at radius 3 is 2.52 bits per heavy atom. The third-order valence-electron chi connectivity index (χ3n) is 4.28. The summed E-state index contributed by atoms with van der Waals surface area (Å²) in [7, 11) is -3.60. The van der Waals surface area contributed by atoms with Crippen molar-refractivity contribution in [3.63, 3.8) is 0 Å². The van der Waals surface area contributed by atoms with Crippen molar-refractivity contribution < 1.29 is 21.6 Å². The molecule has 0 bridgehead atoms. The van der Waals surface area contributed by atoms with Gasteiger partial charge in [0.2, 0.25) is 10.0 Å². The molecule has 0 spiro atoms. The first-order chi connectivity index (χ1) is 9.80. The lowest BCUT2D eigenvalue weighted by Crippen LogP contribution is -2.53. The summed E-state index contributed by atoms with van der Waals surface area (Å²) in [6, 6.07) is 0.0693. The number of hydrogen-bond acceptors (Lipinski definition) is 3. The van der Waals surface area contributed by atoms with Crippen molar-refractivity contribution in [2.75, 3.05) is 18.8 Å². The first-order valence-electron chi connectivity index (χ1n) is 7.59. The second kappa shape index (κ2) is 6.83. The van der Waals surface area contributed by atoms with Gasteiger partial charge in [0.15, 0.2) is 0 Å². The largest absolute Gasteiger partial charge is 0.389 e. The van der Waals surface area contributed by atoms with Crippen LogP contribution in [0.25, 0.3) is 0 Å². The molecule has 1 N–H and O–H groups in total. The molecule has 0 aromatic rings. The Labute approximate surface area is 124 Å². The molecule has 21 heavy (non-hydrogen) atoms. The molecule has 0 amide bonds.